The molecule has 2 atom stereocenters. The zero-order valence-corrected chi connectivity index (χ0v) is 14.1. The molecular weight excluding hydrogens is 318 g/mol. The van der Waals surface area contributed by atoms with Crippen molar-refractivity contribution in [3.63, 3.8) is 0 Å². The summed E-state index contributed by atoms with van der Waals surface area (Å²) in [5.74, 6) is -0.271. The second kappa shape index (κ2) is 6.28. The third-order valence-electron chi connectivity index (χ3n) is 5.72. The fourth-order valence-electron chi connectivity index (χ4n) is 4.14. The minimum atomic E-state index is -0.271. The van der Waals surface area contributed by atoms with Crippen molar-refractivity contribution >= 4 is 12.4 Å². The fourth-order valence-corrected chi connectivity index (χ4v) is 4.14. The van der Waals surface area contributed by atoms with Crippen molar-refractivity contribution in [3.05, 3.63) is 47.5 Å². The van der Waals surface area contributed by atoms with Crippen LogP contribution in [0.1, 0.15) is 24.8 Å². The van der Waals surface area contributed by atoms with Crippen LogP contribution >= 0.6 is 0 Å². The summed E-state index contributed by atoms with van der Waals surface area (Å²) in [6.07, 6.45) is 5.43. The summed E-state index contributed by atoms with van der Waals surface area (Å²) in [6.45, 7) is 1.75. The Labute approximate surface area is 147 Å². The summed E-state index contributed by atoms with van der Waals surface area (Å²) in [7, 11) is 0. The molecule has 4 rings (SSSR count). The Kier molecular flexibility index (Phi) is 4.09. The van der Waals surface area contributed by atoms with Gasteiger partial charge in [0.15, 0.2) is 0 Å². The first-order chi connectivity index (χ1) is 12.2. The second-order valence-electron chi connectivity index (χ2n) is 7.18. The summed E-state index contributed by atoms with van der Waals surface area (Å²) in [5, 5.41) is 10.1. The zero-order valence-electron chi connectivity index (χ0n) is 14.1. The van der Waals surface area contributed by atoms with Crippen molar-refractivity contribution in [3.8, 4) is 0 Å². The number of ether oxygens (including phenoxy) is 1. The van der Waals surface area contributed by atoms with Gasteiger partial charge in [-0.2, -0.15) is 0 Å². The second-order valence-corrected chi connectivity index (χ2v) is 7.18. The summed E-state index contributed by atoms with van der Waals surface area (Å²) < 4.78 is 5.49. The average Bonchev–Trinajstić information content (AvgIpc) is 3.43. The molecule has 0 spiro atoms. The van der Waals surface area contributed by atoms with Gasteiger partial charge in [-0.15, -0.1) is 0 Å². The minimum Gasteiger partial charge on any atom is -0.457 e. The Morgan fingerprint density at radius 2 is 2.12 bits per heavy atom. The molecule has 6 heteroatoms. The Hall–Kier alpha value is -2.18. The van der Waals surface area contributed by atoms with E-state index in [0.717, 1.165) is 31.4 Å². The Morgan fingerprint density at radius 3 is 2.84 bits per heavy atom. The maximum atomic E-state index is 12.5. The molecule has 3 N–H and O–H groups in total. The highest BCUT2D eigenvalue weighted by Crippen LogP contribution is 2.48. The number of carbonyl (C=O) groups excluding carboxylic acids is 2. The topological polar surface area (TPSA) is 79.5 Å². The van der Waals surface area contributed by atoms with Gasteiger partial charge < -0.3 is 15.4 Å². The van der Waals surface area contributed by atoms with Crippen LogP contribution in [0.4, 0.5) is 0 Å². The lowest BCUT2D eigenvalue weighted by molar-refractivity contribution is -0.141. The molecule has 2 heterocycles. The Morgan fingerprint density at radius 1 is 1.32 bits per heavy atom. The van der Waals surface area contributed by atoms with E-state index in [1.54, 1.807) is 0 Å². The third kappa shape index (κ3) is 2.85. The van der Waals surface area contributed by atoms with E-state index in [4.69, 9.17) is 4.74 Å². The van der Waals surface area contributed by atoms with Gasteiger partial charge in [0.2, 0.25) is 6.41 Å². The Bertz CT molecular complexity index is 699. The number of amides is 1. The number of benzene rings is 1. The first-order valence-corrected chi connectivity index (χ1v) is 8.79. The molecule has 0 radical (unpaired) electrons. The lowest BCUT2D eigenvalue weighted by atomic mass is 9.76. The molecule has 3 aliphatic rings. The molecule has 1 aromatic rings. The highest BCUT2D eigenvalue weighted by Gasteiger charge is 2.61. The number of rotatable bonds is 6. The van der Waals surface area contributed by atoms with Crippen LogP contribution in [-0.4, -0.2) is 42.6 Å². The number of hydrogen-bond donors (Lipinski definition) is 3. The van der Waals surface area contributed by atoms with E-state index in [2.05, 4.69) is 16.0 Å². The first kappa shape index (κ1) is 16.3. The maximum Gasteiger partial charge on any atom is 0.335 e. The van der Waals surface area contributed by atoms with Gasteiger partial charge in [0, 0.05) is 13.1 Å². The normalized spacial score (nSPS) is 29.3. The highest BCUT2D eigenvalue weighted by atomic mass is 16.5. The van der Waals surface area contributed by atoms with Crippen LogP contribution in [0.5, 0.6) is 0 Å². The van der Waals surface area contributed by atoms with Gasteiger partial charge in [0.25, 0.3) is 0 Å². The predicted molar refractivity (Wildman–Crippen MR) is 92.6 cm³/mol. The van der Waals surface area contributed by atoms with Crippen molar-refractivity contribution in [2.24, 2.45) is 0 Å². The molecular formula is C19H23N3O3. The van der Waals surface area contributed by atoms with E-state index < -0.39 is 0 Å². The van der Waals surface area contributed by atoms with E-state index in [0.29, 0.717) is 18.5 Å². The molecule has 1 amide bonds. The molecule has 2 unspecified atom stereocenters. The molecule has 132 valence electrons. The standard InChI is InChI=1S/C19H23N3O3/c23-13-21-18(8-9-18)19-7-6-15(16(22-19)10-20-12-19)17(24)25-11-14-4-2-1-3-5-14/h1-6,13,16,20,22H,7-12H2,(H,21,23). The molecule has 1 aromatic carbocycles. The number of hydrogen-bond acceptors (Lipinski definition) is 5. The molecule has 2 aliphatic heterocycles. The van der Waals surface area contributed by atoms with Gasteiger partial charge in [-0.1, -0.05) is 36.4 Å². The number of fused-ring (bicyclic) bond motifs is 2. The zero-order chi connectivity index (χ0) is 17.3. The largest absolute Gasteiger partial charge is 0.457 e. The smallest absolute Gasteiger partial charge is 0.335 e. The van der Waals surface area contributed by atoms with Crippen molar-refractivity contribution < 1.29 is 14.3 Å². The van der Waals surface area contributed by atoms with Gasteiger partial charge in [-0.05, 0) is 24.8 Å². The molecule has 6 nitrogen and oxygen atoms in total. The van der Waals surface area contributed by atoms with Crippen LogP contribution in [0.2, 0.25) is 0 Å². The van der Waals surface area contributed by atoms with Crippen molar-refractivity contribution in [1.29, 1.82) is 0 Å². The number of carbonyl (C=O) groups is 2. The summed E-state index contributed by atoms with van der Waals surface area (Å²) >= 11 is 0. The van der Waals surface area contributed by atoms with Gasteiger partial charge in [-0.25, -0.2) is 4.79 Å². The van der Waals surface area contributed by atoms with Crippen molar-refractivity contribution in [2.75, 3.05) is 13.1 Å². The molecule has 2 fully saturated rings. The highest BCUT2D eigenvalue weighted by molar-refractivity contribution is 5.90. The molecule has 1 aliphatic carbocycles. The third-order valence-corrected chi connectivity index (χ3v) is 5.72. The SMILES string of the molecule is O=CNC1(C23CC=C(C(=O)OCc4ccccc4)C(CNC2)N3)CC1. The van der Waals surface area contributed by atoms with Crippen LogP contribution in [-0.2, 0) is 20.9 Å². The van der Waals surface area contributed by atoms with Crippen molar-refractivity contribution in [1.82, 2.24) is 16.0 Å². The van der Waals surface area contributed by atoms with Crippen LogP contribution < -0.4 is 16.0 Å². The van der Waals surface area contributed by atoms with Crippen LogP contribution in [0.3, 0.4) is 0 Å². The molecule has 1 saturated heterocycles. The average molecular weight is 341 g/mol. The van der Waals surface area contributed by atoms with Crippen molar-refractivity contribution in [2.45, 2.75) is 43.0 Å². The number of esters is 1. The molecule has 2 bridgehead atoms. The lowest BCUT2D eigenvalue weighted by Crippen LogP contribution is -2.74. The molecule has 1 saturated carbocycles. The summed E-state index contributed by atoms with van der Waals surface area (Å²) in [6, 6.07) is 9.59. The fraction of sp³-hybridized carbons (Fsp3) is 0.474. The van der Waals surface area contributed by atoms with Crippen LogP contribution in [0.25, 0.3) is 0 Å². The quantitative estimate of drug-likeness (QED) is 0.523. The minimum absolute atomic E-state index is 0.0864. The van der Waals surface area contributed by atoms with Crippen LogP contribution in [0, 0.1) is 0 Å². The Balaban J connectivity index is 1.47. The van der Waals surface area contributed by atoms with Gasteiger partial charge in [0.05, 0.1) is 22.7 Å². The van der Waals surface area contributed by atoms with E-state index in [1.807, 2.05) is 36.4 Å². The van der Waals surface area contributed by atoms with Crippen LogP contribution in [0.15, 0.2) is 42.0 Å². The van der Waals surface area contributed by atoms with E-state index in [-0.39, 0.29) is 29.7 Å². The van der Waals surface area contributed by atoms with E-state index >= 15 is 0 Å². The van der Waals surface area contributed by atoms with Gasteiger partial charge in [-0.3, -0.25) is 10.1 Å². The summed E-state index contributed by atoms with van der Waals surface area (Å²) in [5.41, 5.74) is 1.24. The first-order valence-electron chi connectivity index (χ1n) is 8.79. The maximum absolute atomic E-state index is 12.5. The van der Waals surface area contributed by atoms with E-state index in [9.17, 15) is 9.59 Å². The lowest BCUT2D eigenvalue weighted by Gasteiger charge is -2.50. The van der Waals surface area contributed by atoms with Gasteiger partial charge >= 0.3 is 5.97 Å². The predicted octanol–water partition coefficient (Wildman–Crippen LogP) is 0.639. The monoisotopic (exact) mass is 341 g/mol. The molecule has 0 aromatic heterocycles. The molecule has 25 heavy (non-hydrogen) atoms. The van der Waals surface area contributed by atoms with E-state index in [1.165, 1.54) is 0 Å². The number of piperazine rings is 1. The summed E-state index contributed by atoms with van der Waals surface area (Å²) in [4.78, 5) is 23.5. The number of nitrogens with one attached hydrogen (secondary N) is 3. The van der Waals surface area contributed by atoms with Gasteiger partial charge in [0.1, 0.15) is 6.61 Å².